The zero-order valence-corrected chi connectivity index (χ0v) is 10.5. The van der Waals surface area contributed by atoms with Gasteiger partial charge in [-0.15, -0.1) is 0 Å². The number of hydrogen-bond acceptors (Lipinski definition) is 0. The first-order chi connectivity index (χ1) is 6.50. The maximum atomic E-state index is 6.67. The predicted octanol–water partition coefficient (Wildman–Crippen LogP) is 4.48. The van der Waals surface area contributed by atoms with Gasteiger partial charge < -0.3 is 0 Å². The number of hydrogen-bond donors (Lipinski definition) is 0. The first-order valence-electron chi connectivity index (χ1n) is 4.69. The summed E-state index contributed by atoms with van der Waals surface area (Å²) in [6, 6.07) is 10.0. The summed E-state index contributed by atoms with van der Waals surface area (Å²) >= 11 is 13.3. The third kappa shape index (κ3) is 1.72. The number of halogens is 2. The number of allylic oxidation sites excluding steroid dienone is 1. The van der Waals surface area contributed by atoms with Crippen molar-refractivity contribution in [1.29, 1.82) is 0 Å². The second kappa shape index (κ2) is 3.23. The van der Waals surface area contributed by atoms with Gasteiger partial charge in [0.15, 0.2) is 0 Å². The molecule has 0 nitrogen and oxygen atoms in total. The van der Waals surface area contributed by atoms with Crippen LogP contribution in [0.5, 0.6) is 0 Å². The van der Waals surface area contributed by atoms with Crippen LogP contribution in [0.4, 0.5) is 0 Å². The van der Waals surface area contributed by atoms with Crippen molar-refractivity contribution in [3.63, 3.8) is 0 Å². The van der Waals surface area contributed by atoms with E-state index in [1.807, 2.05) is 30.3 Å². The van der Waals surface area contributed by atoms with Crippen LogP contribution in [0.2, 0.25) is 0 Å². The molecule has 0 aromatic heterocycles. The SMILES string of the molecule is CC1=CP(Cl)(Cl)(c2ccccc2)CC1. The van der Waals surface area contributed by atoms with Crippen LogP contribution >= 0.6 is 27.8 Å². The van der Waals surface area contributed by atoms with Gasteiger partial charge in [-0.2, -0.15) is 0 Å². The second-order valence-electron chi connectivity index (χ2n) is 3.92. The Morgan fingerprint density at radius 3 is 2.29 bits per heavy atom. The van der Waals surface area contributed by atoms with E-state index in [4.69, 9.17) is 22.5 Å². The Morgan fingerprint density at radius 2 is 1.79 bits per heavy atom. The molecule has 76 valence electrons. The molecule has 1 aromatic rings. The topological polar surface area (TPSA) is 0 Å². The van der Waals surface area contributed by atoms with Crippen LogP contribution in [-0.4, -0.2) is 6.16 Å². The van der Waals surface area contributed by atoms with Crippen LogP contribution in [0.25, 0.3) is 0 Å². The molecule has 0 unspecified atom stereocenters. The summed E-state index contributed by atoms with van der Waals surface area (Å²) in [5.41, 5.74) is 1.32. The van der Waals surface area contributed by atoms with Crippen molar-refractivity contribution in [3.05, 3.63) is 41.7 Å². The molecule has 0 bridgehead atoms. The van der Waals surface area contributed by atoms with Gasteiger partial charge in [0.05, 0.1) is 0 Å². The molecular weight excluding hydrogens is 234 g/mol. The summed E-state index contributed by atoms with van der Waals surface area (Å²) in [5, 5.41) is -1.62. The van der Waals surface area contributed by atoms with Gasteiger partial charge in [-0.1, -0.05) is 0 Å². The molecule has 0 N–H and O–H groups in total. The van der Waals surface area contributed by atoms with Gasteiger partial charge in [0.2, 0.25) is 0 Å². The molecular formula is C11H13Cl2P. The van der Waals surface area contributed by atoms with Gasteiger partial charge in [-0.3, -0.25) is 0 Å². The van der Waals surface area contributed by atoms with Crippen molar-refractivity contribution in [2.75, 3.05) is 6.16 Å². The molecule has 0 amide bonds. The Kier molecular flexibility index (Phi) is 2.42. The van der Waals surface area contributed by atoms with E-state index >= 15 is 0 Å². The van der Waals surface area contributed by atoms with Gasteiger partial charge in [0.1, 0.15) is 0 Å². The second-order valence-corrected chi connectivity index (χ2v) is 12.6. The van der Waals surface area contributed by atoms with Crippen LogP contribution in [-0.2, 0) is 0 Å². The first kappa shape index (κ1) is 10.5. The third-order valence-electron chi connectivity index (χ3n) is 2.67. The van der Waals surface area contributed by atoms with Gasteiger partial charge >= 0.3 is 94.3 Å². The van der Waals surface area contributed by atoms with Crippen LogP contribution in [0.3, 0.4) is 0 Å². The van der Waals surface area contributed by atoms with Crippen molar-refractivity contribution >= 4 is 33.1 Å². The molecule has 1 heterocycles. The fourth-order valence-electron chi connectivity index (χ4n) is 1.88. The monoisotopic (exact) mass is 246 g/mol. The minimum absolute atomic E-state index is 0.893. The fourth-order valence-corrected chi connectivity index (χ4v) is 7.14. The van der Waals surface area contributed by atoms with Crippen molar-refractivity contribution in [3.8, 4) is 0 Å². The summed E-state index contributed by atoms with van der Waals surface area (Å²) in [6.45, 7) is 2.10. The quantitative estimate of drug-likeness (QED) is 0.642. The molecule has 1 aliphatic rings. The van der Waals surface area contributed by atoms with E-state index in [1.165, 1.54) is 5.57 Å². The van der Waals surface area contributed by atoms with E-state index in [0.717, 1.165) is 17.9 Å². The molecule has 1 aromatic carbocycles. The molecule has 1 aliphatic heterocycles. The molecule has 0 atom stereocenters. The van der Waals surface area contributed by atoms with Crippen molar-refractivity contribution < 1.29 is 0 Å². The maximum absolute atomic E-state index is 6.67. The van der Waals surface area contributed by atoms with E-state index in [0.29, 0.717) is 0 Å². The molecule has 0 spiro atoms. The first-order valence-corrected chi connectivity index (χ1v) is 8.99. The zero-order valence-electron chi connectivity index (χ0n) is 8.08. The Morgan fingerprint density at radius 1 is 1.14 bits per heavy atom. The van der Waals surface area contributed by atoms with E-state index in [9.17, 15) is 0 Å². The van der Waals surface area contributed by atoms with Crippen molar-refractivity contribution in [2.24, 2.45) is 0 Å². The van der Waals surface area contributed by atoms with E-state index in [2.05, 4.69) is 12.7 Å². The number of benzene rings is 1. The Balaban J connectivity index is 2.52. The third-order valence-corrected chi connectivity index (χ3v) is 8.79. The molecule has 0 fully saturated rings. The van der Waals surface area contributed by atoms with Gasteiger partial charge in [-0.25, -0.2) is 0 Å². The molecule has 3 heteroatoms. The Labute approximate surface area is 94.4 Å². The van der Waals surface area contributed by atoms with Crippen molar-refractivity contribution in [2.45, 2.75) is 13.3 Å². The molecule has 0 saturated heterocycles. The summed E-state index contributed by atoms with van der Waals surface area (Å²) in [6.07, 6.45) is 1.92. The zero-order chi connectivity index (χ0) is 10.3. The van der Waals surface area contributed by atoms with Crippen LogP contribution < -0.4 is 5.30 Å². The summed E-state index contributed by atoms with van der Waals surface area (Å²) in [4.78, 5) is 0. The van der Waals surface area contributed by atoms with Crippen LogP contribution in [0.1, 0.15) is 13.3 Å². The molecule has 0 aliphatic carbocycles. The minimum atomic E-state index is -2.72. The molecule has 0 saturated carbocycles. The molecule has 14 heavy (non-hydrogen) atoms. The average molecular weight is 247 g/mol. The number of rotatable bonds is 1. The molecule has 0 radical (unpaired) electrons. The summed E-state index contributed by atoms with van der Waals surface area (Å²) < 4.78 is 0. The fraction of sp³-hybridized carbons (Fsp3) is 0.273. The predicted molar refractivity (Wildman–Crippen MR) is 67.9 cm³/mol. The summed E-state index contributed by atoms with van der Waals surface area (Å²) in [7, 11) is 0. The van der Waals surface area contributed by atoms with Gasteiger partial charge in [-0.05, 0) is 0 Å². The van der Waals surface area contributed by atoms with Gasteiger partial charge in [0, 0.05) is 0 Å². The van der Waals surface area contributed by atoms with Gasteiger partial charge in [0.25, 0.3) is 0 Å². The normalized spacial score (nSPS) is 26.2. The van der Waals surface area contributed by atoms with E-state index in [1.54, 1.807) is 0 Å². The molecule has 2 rings (SSSR count). The van der Waals surface area contributed by atoms with Crippen LogP contribution in [0, 0.1) is 0 Å². The summed E-state index contributed by atoms with van der Waals surface area (Å²) in [5.74, 6) is 2.10. The Bertz CT molecular complexity index is 382. The average Bonchev–Trinajstić information content (AvgIpc) is 2.45. The standard InChI is InChI=1S/C11H13Cl2P/c1-10-7-8-14(12,13,9-10)11-5-3-2-4-6-11/h2-6,9H,7-8H2,1H3. The van der Waals surface area contributed by atoms with E-state index < -0.39 is 5.31 Å². The van der Waals surface area contributed by atoms with E-state index in [-0.39, 0.29) is 0 Å². The van der Waals surface area contributed by atoms with Crippen LogP contribution in [0.15, 0.2) is 41.7 Å². The Hall–Kier alpha value is -0.0300. The van der Waals surface area contributed by atoms with Crippen molar-refractivity contribution in [1.82, 2.24) is 0 Å².